The number of hydrogen-bond donors (Lipinski definition) is 1. The first-order chi connectivity index (χ1) is 9.10. The monoisotopic (exact) mass is 283 g/mol. The van der Waals surface area contributed by atoms with E-state index in [0.29, 0.717) is 11.6 Å². The van der Waals surface area contributed by atoms with Gasteiger partial charge in [-0.1, -0.05) is 11.6 Å². The summed E-state index contributed by atoms with van der Waals surface area (Å²) in [6, 6.07) is 5.64. The highest BCUT2D eigenvalue weighted by Gasteiger charge is 2.27. The minimum absolute atomic E-state index is 0.112. The van der Waals surface area contributed by atoms with Gasteiger partial charge in [0.2, 0.25) is 0 Å². The zero-order valence-electron chi connectivity index (χ0n) is 10.9. The molecule has 1 aliphatic heterocycles. The summed E-state index contributed by atoms with van der Waals surface area (Å²) in [7, 11) is 1.63. The molecule has 1 aliphatic rings. The first-order valence-corrected chi connectivity index (χ1v) is 6.76. The fourth-order valence-electron chi connectivity index (χ4n) is 2.63. The van der Waals surface area contributed by atoms with Crippen molar-refractivity contribution in [2.45, 2.75) is 31.8 Å². The molecule has 0 spiro atoms. The number of aliphatic carboxylic acids is 1. The highest BCUT2D eigenvalue weighted by molar-refractivity contribution is 6.30. The standard InChI is InChI=1S/C14H18ClNO3/c1-19-13-5-4-11(15)7-10(13)9-16-6-2-3-12(16)8-14(17)18/h4-5,7,12H,2-3,6,8-9H2,1H3,(H,17,18). The van der Waals surface area contributed by atoms with Crippen LogP contribution in [0.4, 0.5) is 0 Å². The number of hydrogen-bond acceptors (Lipinski definition) is 3. The summed E-state index contributed by atoms with van der Waals surface area (Å²) in [5.41, 5.74) is 1.01. The van der Waals surface area contributed by atoms with Gasteiger partial charge in [0.25, 0.3) is 0 Å². The molecule has 104 valence electrons. The van der Waals surface area contributed by atoms with Crippen LogP contribution in [0.1, 0.15) is 24.8 Å². The summed E-state index contributed by atoms with van der Waals surface area (Å²) in [5.74, 6) is 0.0559. The van der Waals surface area contributed by atoms with Gasteiger partial charge in [-0.25, -0.2) is 0 Å². The third-order valence-corrected chi connectivity index (χ3v) is 3.76. The van der Waals surface area contributed by atoms with Crippen molar-refractivity contribution in [3.05, 3.63) is 28.8 Å². The van der Waals surface area contributed by atoms with Crippen LogP contribution < -0.4 is 4.74 Å². The molecule has 1 N–H and O–H groups in total. The van der Waals surface area contributed by atoms with Gasteiger partial charge in [0.1, 0.15) is 5.75 Å². The Morgan fingerprint density at radius 3 is 3.05 bits per heavy atom. The number of methoxy groups -OCH3 is 1. The smallest absolute Gasteiger partial charge is 0.304 e. The molecule has 1 aromatic carbocycles. The third kappa shape index (κ3) is 3.61. The maximum atomic E-state index is 10.9. The second kappa shape index (κ2) is 6.26. The molecule has 4 nitrogen and oxygen atoms in total. The first kappa shape index (κ1) is 14.2. The molecule has 1 atom stereocenters. The molecule has 1 unspecified atom stereocenters. The number of nitrogens with zero attached hydrogens (tertiary/aromatic N) is 1. The van der Waals surface area contributed by atoms with Gasteiger partial charge in [-0.3, -0.25) is 9.69 Å². The van der Waals surface area contributed by atoms with E-state index in [1.165, 1.54) is 0 Å². The maximum Gasteiger partial charge on any atom is 0.304 e. The molecule has 0 amide bonds. The molecule has 1 heterocycles. The predicted octanol–water partition coefficient (Wildman–Crippen LogP) is 2.79. The average Bonchev–Trinajstić information content (AvgIpc) is 2.76. The lowest BCUT2D eigenvalue weighted by molar-refractivity contribution is -0.138. The van der Waals surface area contributed by atoms with Gasteiger partial charge in [-0.2, -0.15) is 0 Å². The van der Waals surface area contributed by atoms with Crippen LogP contribution in [0.25, 0.3) is 0 Å². The van der Waals surface area contributed by atoms with E-state index in [4.69, 9.17) is 21.4 Å². The van der Waals surface area contributed by atoms with E-state index in [2.05, 4.69) is 4.90 Å². The minimum atomic E-state index is -0.741. The number of benzene rings is 1. The van der Waals surface area contributed by atoms with E-state index in [0.717, 1.165) is 30.7 Å². The Morgan fingerprint density at radius 2 is 2.37 bits per heavy atom. The summed E-state index contributed by atoms with van der Waals surface area (Å²) in [6.07, 6.45) is 2.18. The van der Waals surface area contributed by atoms with E-state index in [-0.39, 0.29) is 12.5 Å². The van der Waals surface area contributed by atoms with Gasteiger partial charge in [0.15, 0.2) is 0 Å². The van der Waals surface area contributed by atoms with E-state index in [1.807, 2.05) is 12.1 Å². The molecule has 19 heavy (non-hydrogen) atoms. The molecule has 1 aromatic rings. The van der Waals surface area contributed by atoms with Crippen LogP contribution in [-0.2, 0) is 11.3 Å². The molecule has 1 fully saturated rings. The van der Waals surface area contributed by atoms with Crippen molar-refractivity contribution in [2.75, 3.05) is 13.7 Å². The van der Waals surface area contributed by atoms with Crippen LogP contribution in [-0.4, -0.2) is 35.7 Å². The zero-order chi connectivity index (χ0) is 13.8. The minimum Gasteiger partial charge on any atom is -0.496 e. The third-order valence-electron chi connectivity index (χ3n) is 3.53. The van der Waals surface area contributed by atoms with Crippen molar-refractivity contribution in [3.8, 4) is 5.75 Å². The highest BCUT2D eigenvalue weighted by atomic mass is 35.5. The molecular formula is C14H18ClNO3. The Labute approximate surface area is 117 Å². The molecule has 0 radical (unpaired) electrons. The van der Waals surface area contributed by atoms with E-state index >= 15 is 0 Å². The van der Waals surface area contributed by atoms with Crippen LogP contribution in [0.2, 0.25) is 5.02 Å². The lowest BCUT2D eigenvalue weighted by Crippen LogP contribution is -2.31. The maximum absolute atomic E-state index is 10.9. The molecule has 1 saturated heterocycles. The second-order valence-corrected chi connectivity index (χ2v) is 5.26. The largest absolute Gasteiger partial charge is 0.496 e. The molecule has 5 heteroatoms. The van der Waals surface area contributed by atoms with Crippen LogP contribution in [0.5, 0.6) is 5.75 Å². The predicted molar refractivity (Wildman–Crippen MR) is 73.7 cm³/mol. The van der Waals surface area contributed by atoms with Crippen LogP contribution in [0, 0.1) is 0 Å². The van der Waals surface area contributed by atoms with Crippen LogP contribution >= 0.6 is 11.6 Å². The van der Waals surface area contributed by atoms with Gasteiger partial charge < -0.3 is 9.84 Å². The Kier molecular flexibility index (Phi) is 4.66. The number of carbonyl (C=O) groups is 1. The molecule has 0 bridgehead atoms. The van der Waals surface area contributed by atoms with Crippen molar-refractivity contribution in [2.24, 2.45) is 0 Å². The zero-order valence-corrected chi connectivity index (χ0v) is 11.7. The summed E-state index contributed by atoms with van der Waals surface area (Å²) < 4.78 is 5.33. The lowest BCUT2D eigenvalue weighted by Gasteiger charge is -2.24. The van der Waals surface area contributed by atoms with Gasteiger partial charge >= 0.3 is 5.97 Å². The Morgan fingerprint density at radius 1 is 1.58 bits per heavy atom. The second-order valence-electron chi connectivity index (χ2n) is 4.82. The van der Waals surface area contributed by atoms with Gasteiger partial charge in [-0.05, 0) is 37.6 Å². The highest BCUT2D eigenvalue weighted by Crippen LogP contribution is 2.28. The summed E-state index contributed by atoms with van der Waals surface area (Å²) in [5, 5.41) is 9.60. The number of ether oxygens (including phenoxy) is 1. The molecule has 0 saturated carbocycles. The normalized spacial score (nSPS) is 19.6. The fraction of sp³-hybridized carbons (Fsp3) is 0.500. The van der Waals surface area contributed by atoms with Crippen LogP contribution in [0.15, 0.2) is 18.2 Å². The molecule has 0 aromatic heterocycles. The summed E-state index contributed by atoms with van der Waals surface area (Å²) >= 11 is 6.01. The SMILES string of the molecule is COc1ccc(Cl)cc1CN1CCCC1CC(=O)O. The molecule has 0 aliphatic carbocycles. The topological polar surface area (TPSA) is 49.8 Å². The first-order valence-electron chi connectivity index (χ1n) is 6.38. The number of rotatable bonds is 5. The van der Waals surface area contributed by atoms with Crippen molar-refractivity contribution in [3.63, 3.8) is 0 Å². The van der Waals surface area contributed by atoms with Crippen molar-refractivity contribution >= 4 is 17.6 Å². The van der Waals surface area contributed by atoms with E-state index in [9.17, 15) is 4.79 Å². The number of halogens is 1. The van der Waals surface area contributed by atoms with Gasteiger partial charge in [0.05, 0.1) is 13.5 Å². The number of likely N-dealkylation sites (tertiary alicyclic amines) is 1. The van der Waals surface area contributed by atoms with E-state index in [1.54, 1.807) is 13.2 Å². The average molecular weight is 284 g/mol. The number of carboxylic acid groups (broad SMARTS) is 1. The van der Waals surface area contributed by atoms with Gasteiger partial charge in [-0.15, -0.1) is 0 Å². The Bertz CT molecular complexity index is 464. The molecular weight excluding hydrogens is 266 g/mol. The summed E-state index contributed by atoms with van der Waals surface area (Å²) in [6.45, 7) is 1.61. The Balaban J connectivity index is 2.11. The van der Waals surface area contributed by atoms with Gasteiger partial charge in [0, 0.05) is 23.2 Å². The van der Waals surface area contributed by atoms with Crippen molar-refractivity contribution in [1.29, 1.82) is 0 Å². The van der Waals surface area contributed by atoms with Crippen LogP contribution in [0.3, 0.4) is 0 Å². The van der Waals surface area contributed by atoms with E-state index < -0.39 is 5.97 Å². The number of carboxylic acids is 1. The fourth-order valence-corrected chi connectivity index (χ4v) is 2.82. The quantitative estimate of drug-likeness (QED) is 0.903. The molecule has 2 rings (SSSR count). The Hall–Kier alpha value is -1.26. The van der Waals surface area contributed by atoms with Crippen molar-refractivity contribution < 1.29 is 14.6 Å². The lowest BCUT2D eigenvalue weighted by atomic mass is 10.1. The summed E-state index contributed by atoms with van der Waals surface area (Å²) in [4.78, 5) is 13.1. The van der Waals surface area contributed by atoms with Crippen molar-refractivity contribution in [1.82, 2.24) is 4.90 Å².